The SMILES string of the molecule is CC(OC(=O)C1=NN(C)C(=O)CC1)C(=O)Nc1cc(C(F)(F)F)ccc1N1CCOCC1. The van der Waals surface area contributed by atoms with Gasteiger partial charge >= 0.3 is 12.1 Å². The van der Waals surface area contributed by atoms with Gasteiger partial charge in [0, 0.05) is 33.0 Å². The van der Waals surface area contributed by atoms with Gasteiger partial charge in [0.25, 0.3) is 5.91 Å². The highest BCUT2D eigenvalue weighted by Crippen LogP contribution is 2.36. The molecule has 3 rings (SSSR count). The number of anilines is 2. The molecule has 0 spiro atoms. The molecule has 2 aliphatic rings. The zero-order valence-corrected chi connectivity index (χ0v) is 17.6. The average molecular weight is 456 g/mol. The molecule has 0 saturated carbocycles. The number of nitrogens with one attached hydrogen (secondary N) is 1. The molecule has 1 fully saturated rings. The van der Waals surface area contributed by atoms with Crippen LogP contribution in [0.5, 0.6) is 0 Å². The van der Waals surface area contributed by atoms with Gasteiger partial charge in [0.15, 0.2) is 6.10 Å². The molecule has 1 saturated heterocycles. The maximum absolute atomic E-state index is 13.2. The zero-order valence-electron chi connectivity index (χ0n) is 17.6. The van der Waals surface area contributed by atoms with E-state index in [1.54, 1.807) is 4.90 Å². The Bertz CT molecular complexity index is 928. The predicted octanol–water partition coefficient (Wildman–Crippen LogP) is 2.02. The van der Waals surface area contributed by atoms with Gasteiger partial charge in [-0.3, -0.25) is 9.59 Å². The molecule has 1 N–H and O–H groups in total. The van der Waals surface area contributed by atoms with Crippen molar-refractivity contribution in [3.05, 3.63) is 23.8 Å². The van der Waals surface area contributed by atoms with Gasteiger partial charge in [-0.1, -0.05) is 0 Å². The first kappa shape index (κ1) is 23.5. The van der Waals surface area contributed by atoms with E-state index in [1.165, 1.54) is 20.0 Å². The summed E-state index contributed by atoms with van der Waals surface area (Å²) in [6.45, 7) is 3.01. The maximum Gasteiger partial charge on any atom is 0.416 e. The van der Waals surface area contributed by atoms with Crippen molar-refractivity contribution in [3.8, 4) is 0 Å². The van der Waals surface area contributed by atoms with E-state index in [-0.39, 0.29) is 30.1 Å². The maximum atomic E-state index is 13.2. The number of hydrazone groups is 1. The number of esters is 1. The lowest BCUT2D eigenvalue weighted by Gasteiger charge is -2.31. The summed E-state index contributed by atoms with van der Waals surface area (Å²) in [5, 5.41) is 7.28. The third-order valence-electron chi connectivity index (χ3n) is 5.03. The number of carbonyl (C=O) groups excluding carboxylic acids is 3. The smallest absolute Gasteiger partial charge is 0.416 e. The van der Waals surface area contributed by atoms with Crippen LogP contribution >= 0.6 is 0 Å². The Morgan fingerprint density at radius 2 is 1.91 bits per heavy atom. The fraction of sp³-hybridized carbons (Fsp3) is 0.500. The number of morpholine rings is 1. The van der Waals surface area contributed by atoms with E-state index < -0.39 is 29.7 Å². The third kappa shape index (κ3) is 5.55. The summed E-state index contributed by atoms with van der Waals surface area (Å²) in [4.78, 5) is 38.2. The van der Waals surface area contributed by atoms with Crippen LogP contribution in [0.15, 0.2) is 23.3 Å². The number of hydrogen-bond donors (Lipinski definition) is 1. The van der Waals surface area contributed by atoms with Crippen LogP contribution in [0, 0.1) is 0 Å². The van der Waals surface area contributed by atoms with E-state index in [9.17, 15) is 27.6 Å². The van der Waals surface area contributed by atoms with Crippen molar-refractivity contribution in [1.29, 1.82) is 0 Å². The molecule has 2 aliphatic heterocycles. The predicted molar refractivity (Wildman–Crippen MR) is 108 cm³/mol. The zero-order chi connectivity index (χ0) is 23.5. The second kappa shape index (κ2) is 9.55. The lowest BCUT2D eigenvalue weighted by molar-refractivity contribution is -0.146. The van der Waals surface area contributed by atoms with Crippen LogP contribution < -0.4 is 10.2 Å². The monoisotopic (exact) mass is 456 g/mol. The second-order valence-electron chi connectivity index (χ2n) is 7.33. The van der Waals surface area contributed by atoms with Crippen molar-refractivity contribution < 1.29 is 37.0 Å². The molecular weight excluding hydrogens is 433 g/mol. The van der Waals surface area contributed by atoms with Crippen LogP contribution in [0.25, 0.3) is 0 Å². The van der Waals surface area contributed by atoms with Crippen molar-refractivity contribution in [2.45, 2.75) is 32.0 Å². The summed E-state index contributed by atoms with van der Waals surface area (Å²) < 4.78 is 50.0. The van der Waals surface area contributed by atoms with E-state index in [1.807, 2.05) is 0 Å². The van der Waals surface area contributed by atoms with Crippen molar-refractivity contribution in [2.24, 2.45) is 5.10 Å². The first-order chi connectivity index (χ1) is 15.1. The highest BCUT2D eigenvalue weighted by Gasteiger charge is 2.32. The number of halogens is 3. The van der Waals surface area contributed by atoms with Gasteiger partial charge in [-0.15, -0.1) is 0 Å². The Labute approximate surface area is 182 Å². The van der Waals surface area contributed by atoms with Crippen LogP contribution in [0.1, 0.15) is 25.3 Å². The summed E-state index contributed by atoms with van der Waals surface area (Å²) >= 11 is 0. The summed E-state index contributed by atoms with van der Waals surface area (Å²) in [6, 6.07) is 3.09. The van der Waals surface area contributed by atoms with Gasteiger partial charge in [0.1, 0.15) is 5.71 Å². The number of amides is 2. The Morgan fingerprint density at radius 1 is 1.22 bits per heavy atom. The first-order valence-corrected chi connectivity index (χ1v) is 9.96. The van der Waals surface area contributed by atoms with Crippen molar-refractivity contribution in [2.75, 3.05) is 43.6 Å². The van der Waals surface area contributed by atoms with Crippen molar-refractivity contribution >= 4 is 34.9 Å². The summed E-state index contributed by atoms with van der Waals surface area (Å²) in [5.74, 6) is -1.93. The third-order valence-corrected chi connectivity index (χ3v) is 5.03. The number of ether oxygens (including phenoxy) is 2. The van der Waals surface area contributed by atoms with Crippen LogP contribution in [0.3, 0.4) is 0 Å². The lowest BCUT2D eigenvalue weighted by atomic mass is 10.1. The molecule has 174 valence electrons. The summed E-state index contributed by atoms with van der Waals surface area (Å²) in [7, 11) is 1.39. The fourth-order valence-corrected chi connectivity index (χ4v) is 3.23. The molecule has 1 aromatic rings. The minimum atomic E-state index is -4.59. The fourth-order valence-electron chi connectivity index (χ4n) is 3.23. The summed E-state index contributed by atoms with van der Waals surface area (Å²) in [5.41, 5.74) is -0.571. The molecule has 32 heavy (non-hydrogen) atoms. The molecule has 2 heterocycles. The Kier molecular flexibility index (Phi) is 7.02. The molecule has 12 heteroatoms. The van der Waals surface area contributed by atoms with E-state index >= 15 is 0 Å². The van der Waals surface area contributed by atoms with Gasteiger partial charge in [-0.2, -0.15) is 18.3 Å². The quantitative estimate of drug-likeness (QED) is 0.681. The minimum absolute atomic E-state index is 0.0141. The molecule has 2 amide bonds. The Morgan fingerprint density at radius 3 is 2.53 bits per heavy atom. The van der Waals surface area contributed by atoms with Crippen LogP contribution in [-0.4, -0.2) is 68.0 Å². The van der Waals surface area contributed by atoms with E-state index in [4.69, 9.17) is 9.47 Å². The van der Waals surface area contributed by atoms with E-state index in [2.05, 4.69) is 10.4 Å². The number of hydrogen-bond acceptors (Lipinski definition) is 7. The second-order valence-corrected chi connectivity index (χ2v) is 7.33. The number of carbonyl (C=O) groups is 3. The largest absolute Gasteiger partial charge is 0.448 e. The summed E-state index contributed by atoms with van der Waals surface area (Å²) in [6.07, 6.45) is -5.74. The molecular formula is C20H23F3N4O5. The topological polar surface area (TPSA) is 101 Å². The lowest BCUT2D eigenvalue weighted by Crippen LogP contribution is -2.38. The van der Waals surface area contributed by atoms with Gasteiger partial charge in [-0.05, 0) is 25.1 Å². The highest BCUT2D eigenvalue weighted by atomic mass is 19.4. The van der Waals surface area contributed by atoms with Crippen molar-refractivity contribution in [1.82, 2.24) is 5.01 Å². The van der Waals surface area contributed by atoms with Gasteiger partial charge in [-0.25, -0.2) is 9.80 Å². The molecule has 0 aromatic heterocycles. The Hall–Kier alpha value is -3.15. The van der Waals surface area contributed by atoms with E-state index in [0.717, 1.165) is 17.1 Å². The van der Waals surface area contributed by atoms with Gasteiger partial charge in [0.2, 0.25) is 5.91 Å². The molecule has 1 unspecified atom stereocenters. The number of rotatable bonds is 5. The molecule has 0 aliphatic carbocycles. The highest BCUT2D eigenvalue weighted by molar-refractivity contribution is 6.37. The molecule has 9 nitrogen and oxygen atoms in total. The standard InChI is InChI=1S/C20H23F3N4O5/c1-12(32-19(30)14-4-6-17(28)26(2)25-14)18(29)24-15-11-13(20(21,22)23)3-5-16(15)27-7-9-31-10-8-27/h3,5,11-12H,4,6-10H2,1-2H3,(H,24,29). The van der Waals surface area contributed by atoms with Gasteiger partial charge < -0.3 is 19.7 Å². The molecule has 1 atom stereocenters. The van der Waals surface area contributed by atoms with Crippen molar-refractivity contribution in [3.63, 3.8) is 0 Å². The normalized spacial score (nSPS) is 18.2. The molecule has 1 aromatic carbocycles. The average Bonchev–Trinajstić information content (AvgIpc) is 2.75. The molecule has 0 radical (unpaired) electrons. The van der Waals surface area contributed by atoms with Crippen LogP contribution in [0.2, 0.25) is 0 Å². The van der Waals surface area contributed by atoms with Crippen LogP contribution in [-0.2, 0) is 30.0 Å². The molecule has 0 bridgehead atoms. The van der Waals surface area contributed by atoms with E-state index in [0.29, 0.717) is 32.0 Å². The minimum Gasteiger partial charge on any atom is -0.448 e. The number of alkyl halides is 3. The first-order valence-electron chi connectivity index (χ1n) is 9.96. The van der Waals surface area contributed by atoms with Crippen LogP contribution in [0.4, 0.5) is 24.5 Å². The van der Waals surface area contributed by atoms with Gasteiger partial charge in [0.05, 0.1) is 30.2 Å². The Balaban J connectivity index is 1.75. The number of benzene rings is 1. The number of nitrogens with zero attached hydrogens (tertiary/aromatic N) is 3.